The number of carbonyl (C=O) groups excluding carboxylic acids is 1. The number of nitrogens with zero attached hydrogens (tertiary/aromatic N) is 4. The average Bonchev–Trinajstić information content (AvgIpc) is 2.86. The van der Waals surface area contributed by atoms with Gasteiger partial charge in [-0.15, -0.1) is 10.2 Å². The molecule has 0 saturated heterocycles. The first-order valence-electron chi connectivity index (χ1n) is 7.76. The minimum atomic E-state index is -0.0971. The first-order chi connectivity index (χ1) is 11.8. The second-order valence-corrected chi connectivity index (χ2v) is 7.94. The largest absolute Gasteiger partial charge is 0.302 e. The second kappa shape index (κ2) is 8.89. The summed E-state index contributed by atoms with van der Waals surface area (Å²) in [5.74, 6) is 1.21. The molecule has 1 aromatic heterocycles. The highest BCUT2D eigenvalue weighted by atomic mass is 35.5. The van der Waals surface area contributed by atoms with Crippen LogP contribution in [-0.4, -0.2) is 45.5 Å². The normalized spacial score (nSPS) is 11.4. The lowest BCUT2D eigenvalue weighted by Crippen LogP contribution is -2.37. The van der Waals surface area contributed by atoms with E-state index in [4.69, 9.17) is 23.2 Å². The number of nitrogens with one attached hydrogen (secondary N) is 1. The van der Waals surface area contributed by atoms with Gasteiger partial charge in [0.05, 0.1) is 10.8 Å². The van der Waals surface area contributed by atoms with E-state index in [-0.39, 0.29) is 11.7 Å². The Hall–Kier alpha value is -1.28. The van der Waals surface area contributed by atoms with E-state index in [2.05, 4.69) is 29.5 Å². The van der Waals surface area contributed by atoms with E-state index in [0.29, 0.717) is 26.9 Å². The lowest BCUT2D eigenvalue weighted by molar-refractivity contribution is -0.122. The molecule has 0 radical (unpaired) electrons. The summed E-state index contributed by atoms with van der Waals surface area (Å²) in [4.78, 5) is 11.9. The fraction of sp³-hybridized carbons (Fsp3) is 0.438. The Kier molecular flexibility index (Phi) is 7.13. The van der Waals surface area contributed by atoms with Crippen LogP contribution in [0.3, 0.4) is 0 Å². The van der Waals surface area contributed by atoms with Gasteiger partial charge in [0.2, 0.25) is 5.91 Å². The number of aromatic nitrogens is 3. The van der Waals surface area contributed by atoms with Crippen LogP contribution in [0.5, 0.6) is 0 Å². The summed E-state index contributed by atoms with van der Waals surface area (Å²) in [5, 5.41) is 11.9. The molecule has 1 aromatic carbocycles. The van der Waals surface area contributed by atoms with Crippen LogP contribution >= 0.6 is 35.0 Å². The Morgan fingerprint density at radius 3 is 2.64 bits per heavy atom. The highest BCUT2D eigenvalue weighted by Crippen LogP contribution is 2.31. The summed E-state index contributed by atoms with van der Waals surface area (Å²) in [6.45, 7) is 4.94. The van der Waals surface area contributed by atoms with Crippen molar-refractivity contribution < 1.29 is 4.79 Å². The van der Waals surface area contributed by atoms with Crippen molar-refractivity contribution in [3.8, 4) is 11.4 Å². The van der Waals surface area contributed by atoms with E-state index in [1.807, 2.05) is 10.6 Å². The smallest absolute Gasteiger partial charge is 0.244 e. The van der Waals surface area contributed by atoms with Crippen molar-refractivity contribution in [1.82, 2.24) is 25.2 Å². The summed E-state index contributed by atoms with van der Waals surface area (Å²) >= 11 is 13.6. The number of hydrazine groups is 1. The fourth-order valence-corrected chi connectivity index (χ4v) is 3.44. The molecule has 1 N–H and O–H groups in total. The number of halogens is 2. The molecular weight excluding hydrogens is 381 g/mol. The van der Waals surface area contributed by atoms with Crippen molar-refractivity contribution in [2.45, 2.75) is 25.5 Å². The highest BCUT2D eigenvalue weighted by Gasteiger charge is 2.18. The van der Waals surface area contributed by atoms with Crippen molar-refractivity contribution in [3.05, 3.63) is 28.2 Å². The molecule has 0 aliphatic carbocycles. The van der Waals surface area contributed by atoms with Gasteiger partial charge in [-0.3, -0.25) is 10.2 Å². The van der Waals surface area contributed by atoms with Crippen molar-refractivity contribution in [2.75, 3.05) is 19.8 Å². The van der Waals surface area contributed by atoms with E-state index in [1.54, 1.807) is 31.2 Å². The molecule has 0 saturated carbocycles. The first kappa shape index (κ1) is 20.0. The predicted octanol–water partition coefficient (Wildman–Crippen LogP) is 3.59. The van der Waals surface area contributed by atoms with Crippen LogP contribution in [0, 0.1) is 5.92 Å². The van der Waals surface area contributed by atoms with Crippen LogP contribution in [-0.2, 0) is 11.3 Å². The molecule has 1 heterocycles. The maximum absolute atomic E-state index is 11.9. The van der Waals surface area contributed by atoms with Crippen LogP contribution in [0.2, 0.25) is 10.0 Å². The van der Waals surface area contributed by atoms with E-state index in [1.165, 1.54) is 11.8 Å². The van der Waals surface area contributed by atoms with E-state index < -0.39 is 0 Å². The molecule has 2 aromatic rings. The molecular formula is C16H21Cl2N5OS. The molecule has 0 unspecified atom stereocenters. The highest BCUT2D eigenvalue weighted by molar-refractivity contribution is 7.99. The molecule has 0 aliphatic heterocycles. The molecule has 6 nitrogen and oxygen atoms in total. The Morgan fingerprint density at radius 1 is 1.32 bits per heavy atom. The van der Waals surface area contributed by atoms with Crippen LogP contribution < -0.4 is 5.43 Å². The molecule has 0 spiro atoms. The quantitative estimate of drug-likeness (QED) is 0.567. The third-order valence-electron chi connectivity index (χ3n) is 3.12. The van der Waals surface area contributed by atoms with Gasteiger partial charge < -0.3 is 4.57 Å². The zero-order valence-corrected chi connectivity index (χ0v) is 16.9. The van der Waals surface area contributed by atoms with Crippen molar-refractivity contribution in [3.63, 3.8) is 0 Å². The molecule has 136 valence electrons. The van der Waals surface area contributed by atoms with Gasteiger partial charge in [-0.1, -0.05) is 48.8 Å². The van der Waals surface area contributed by atoms with E-state index in [0.717, 1.165) is 12.1 Å². The summed E-state index contributed by atoms with van der Waals surface area (Å²) in [6, 6.07) is 5.29. The Balaban J connectivity index is 2.29. The van der Waals surface area contributed by atoms with Gasteiger partial charge in [-0.05, 0) is 24.1 Å². The number of hydrogen-bond donors (Lipinski definition) is 1. The van der Waals surface area contributed by atoms with Crippen LogP contribution in [0.15, 0.2) is 23.4 Å². The van der Waals surface area contributed by atoms with Gasteiger partial charge in [-0.25, -0.2) is 5.01 Å². The van der Waals surface area contributed by atoms with Gasteiger partial charge in [0, 0.05) is 31.2 Å². The number of benzene rings is 1. The van der Waals surface area contributed by atoms with Crippen molar-refractivity contribution in [1.29, 1.82) is 0 Å². The molecule has 0 atom stereocenters. The van der Waals surface area contributed by atoms with Gasteiger partial charge in [-0.2, -0.15) is 0 Å². The maximum atomic E-state index is 11.9. The Labute approximate surface area is 161 Å². The lowest BCUT2D eigenvalue weighted by Gasteiger charge is -2.14. The number of amides is 1. The number of hydrogen-bond acceptors (Lipinski definition) is 5. The molecule has 25 heavy (non-hydrogen) atoms. The van der Waals surface area contributed by atoms with Gasteiger partial charge in [0.25, 0.3) is 0 Å². The van der Waals surface area contributed by atoms with Crippen molar-refractivity contribution in [2.24, 2.45) is 5.92 Å². The first-order valence-corrected chi connectivity index (χ1v) is 9.50. The minimum Gasteiger partial charge on any atom is -0.302 e. The average molecular weight is 402 g/mol. The third-order valence-corrected chi connectivity index (χ3v) is 4.63. The predicted molar refractivity (Wildman–Crippen MR) is 103 cm³/mol. The lowest BCUT2D eigenvalue weighted by atomic mass is 10.2. The zero-order chi connectivity index (χ0) is 18.6. The topological polar surface area (TPSA) is 63.1 Å². The number of carbonyl (C=O) groups is 1. The summed E-state index contributed by atoms with van der Waals surface area (Å²) in [7, 11) is 3.54. The van der Waals surface area contributed by atoms with Crippen molar-refractivity contribution >= 4 is 40.9 Å². The third kappa shape index (κ3) is 5.60. The van der Waals surface area contributed by atoms with Gasteiger partial charge >= 0.3 is 0 Å². The van der Waals surface area contributed by atoms with Crippen LogP contribution in [0.4, 0.5) is 0 Å². The summed E-state index contributed by atoms with van der Waals surface area (Å²) < 4.78 is 1.99. The standard InChI is InChI=1S/C16H21Cl2N5OS/c1-10(2)8-23-15(12-6-5-11(17)7-13(12)18)19-20-16(23)25-9-14(24)21-22(3)4/h5-7,10H,8-9H2,1-4H3,(H,21,24). The Bertz CT molecular complexity index is 748. The Morgan fingerprint density at radius 2 is 2.04 bits per heavy atom. The zero-order valence-electron chi connectivity index (χ0n) is 14.6. The second-order valence-electron chi connectivity index (χ2n) is 6.15. The van der Waals surface area contributed by atoms with E-state index in [9.17, 15) is 4.79 Å². The van der Waals surface area contributed by atoms with Gasteiger partial charge in [0.15, 0.2) is 11.0 Å². The molecule has 1 amide bonds. The maximum Gasteiger partial charge on any atom is 0.244 e. The van der Waals surface area contributed by atoms with E-state index >= 15 is 0 Å². The van der Waals surface area contributed by atoms with Crippen LogP contribution in [0.1, 0.15) is 13.8 Å². The fourth-order valence-electron chi connectivity index (χ4n) is 2.21. The molecule has 0 bridgehead atoms. The molecule has 0 aliphatic rings. The molecule has 0 fully saturated rings. The number of rotatable bonds is 7. The summed E-state index contributed by atoms with van der Waals surface area (Å²) in [6.07, 6.45) is 0. The number of thioether (sulfide) groups is 1. The SMILES string of the molecule is CC(C)Cn1c(SCC(=O)NN(C)C)nnc1-c1ccc(Cl)cc1Cl. The monoisotopic (exact) mass is 401 g/mol. The summed E-state index contributed by atoms with van der Waals surface area (Å²) in [5.41, 5.74) is 3.47. The minimum absolute atomic E-state index is 0.0971. The van der Waals surface area contributed by atoms with Crippen LogP contribution in [0.25, 0.3) is 11.4 Å². The molecule has 9 heteroatoms. The van der Waals surface area contributed by atoms with Gasteiger partial charge in [0.1, 0.15) is 0 Å². The molecule has 2 rings (SSSR count).